The highest BCUT2D eigenvalue weighted by Gasteiger charge is 2.12. The number of methoxy groups -OCH3 is 1. The van der Waals surface area contributed by atoms with Crippen LogP contribution in [0.15, 0.2) is 30.3 Å². The molecule has 0 aliphatic carbocycles. The zero-order valence-electron chi connectivity index (χ0n) is 9.00. The maximum Gasteiger partial charge on any atom is 0.163 e. The number of aliphatic hydroxyl groups excluding tert-OH is 1. The largest absolute Gasteiger partial charge is 0.388 e. The van der Waals surface area contributed by atoms with Crippen molar-refractivity contribution in [2.24, 2.45) is 0 Å². The van der Waals surface area contributed by atoms with Gasteiger partial charge in [0.05, 0.1) is 0 Å². The highest BCUT2D eigenvalue weighted by Crippen LogP contribution is 2.13. The molecule has 0 fully saturated rings. The van der Waals surface area contributed by atoms with Crippen molar-refractivity contribution in [3.63, 3.8) is 0 Å². The normalized spacial score (nSPS) is 10.6. The van der Waals surface area contributed by atoms with E-state index in [0.717, 1.165) is 5.69 Å². The fourth-order valence-corrected chi connectivity index (χ4v) is 1.55. The molecule has 1 aromatic carbocycles. The van der Waals surface area contributed by atoms with Gasteiger partial charge in [-0.15, -0.1) is 10.2 Å². The average molecular weight is 219 g/mol. The van der Waals surface area contributed by atoms with Crippen molar-refractivity contribution in [3.05, 3.63) is 42.0 Å². The molecular weight excluding hydrogens is 206 g/mol. The number of nitrogens with zero attached hydrogens (tertiary/aromatic N) is 3. The second kappa shape index (κ2) is 4.87. The molecule has 0 unspecified atom stereocenters. The molecule has 0 bridgehead atoms. The Kier molecular flexibility index (Phi) is 3.28. The number of ether oxygens (including phenoxy) is 1. The fraction of sp³-hybridized carbons (Fsp3) is 0.273. The van der Waals surface area contributed by atoms with Crippen molar-refractivity contribution in [2.45, 2.75) is 13.2 Å². The Hall–Kier alpha value is -1.72. The standard InChI is InChI=1S/C11H13N3O2/c1-16-8-11-13-12-10(7-15)14(11)9-5-3-2-4-6-9/h2-6,15H,7-8H2,1H3. The molecule has 84 valence electrons. The van der Waals surface area contributed by atoms with Crippen LogP contribution in [-0.4, -0.2) is 27.0 Å². The summed E-state index contributed by atoms with van der Waals surface area (Å²) in [5, 5.41) is 17.1. The van der Waals surface area contributed by atoms with E-state index >= 15 is 0 Å². The number of hydrogen-bond acceptors (Lipinski definition) is 4. The summed E-state index contributed by atoms with van der Waals surface area (Å²) in [5.74, 6) is 1.19. The van der Waals surface area contributed by atoms with Crippen LogP contribution in [-0.2, 0) is 18.0 Å². The summed E-state index contributed by atoms with van der Waals surface area (Å²) in [5.41, 5.74) is 0.920. The number of aromatic nitrogens is 3. The van der Waals surface area contributed by atoms with Crippen molar-refractivity contribution < 1.29 is 9.84 Å². The number of rotatable bonds is 4. The van der Waals surface area contributed by atoms with Crippen molar-refractivity contribution >= 4 is 0 Å². The Morgan fingerprint density at radius 3 is 2.50 bits per heavy atom. The van der Waals surface area contributed by atoms with Gasteiger partial charge in [0.1, 0.15) is 13.2 Å². The lowest BCUT2D eigenvalue weighted by Gasteiger charge is -2.08. The molecule has 1 aromatic heterocycles. The van der Waals surface area contributed by atoms with Crippen LogP contribution in [0, 0.1) is 0 Å². The number of aliphatic hydroxyl groups is 1. The molecular formula is C11H13N3O2. The molecule has 0 spiro atoms. The third-order valence-corrected chi connectivity index (χ3v) is 2.23. The summed E-state index contributed by atoms with van der Waals surface area (Å²) >= 11 is 0. The minimum absolute atomic E-state index is 0.147. The first-order valence-corrected chi connectivity index (χ1v) is 4.95. The molecule has 16 heavy (non-hydrogen) atoms. The van der Waals surface area contributed by atoms with Crippen LogP contribution in [0.1, 0.15) is 11.6 Å². The molecule has 2 aromatic rings. The molecule has 5 nitrogen and oxygen atoms in total. The third-order valence-electron chi connectivity index (χ3n) is 2.23. The monoisotopic (exact) mass is 219 g/mol. The third kappa shape index (κ3) is 1.95. The van der Waals surface area contributed by atoms with Gasteiger partial charge in [-0.25, -0.2) is 0 Å². The molecule has 0 saturated carbocycles. The topological polar surface area (TPSA) is 60.2 Å². The predicted molar refractivity (Wildman–Crippen MR) is 58.0 cm³/mol. The predicted octanol–water partition coefficient (Wildman–Crippen LogP) is 0.906. The van der Waals surface area contributed by atoms with Crippen LogP contribution >= 0.6 is 0 Å². The second-order valence-corrected chi connectivity index (χ2v) is 3.29. The molecule has 0 aliphatic heterocycles. The van der Waals surface area contributed by atoms with Gasteiger partial charge in [0.2, 0.25) is 0 Å². The molecule has 0 aliphatic rings. The van der Waals surface area contributed by atoms with Crippen LogP contribution in [0.5, 0.6) is 0 Å². The van der Waals surface area contributed by atoms with Crippen LogP contribution in [0.4, 0.5) is 0 Å². The molecule has 0 atom stereocenters. The fourth-order valence-electron chi connectivity index (χ4n) is 1.55. The van der Waals surface area contributed by atoms with Crippen LogP contribution < -0.4 is 0 Å². The van der Waals surface area contributed by atoms with E-state index in [2.05, 4.69) is 10.2 Å². The summed E-state index contributed by atoms with van der Waals surface area (Å²) in [4.78, 5) is 0. The zero-order chi connectivity index (χ0) is 11.4. The van der Waals surface area contributed by atoms with Gasteiger partial charge < -0.3 is 9.84 Å². The average Bonchev–Trinajstić information content (AvgIpc) is 2.74. The Morgan fingerprint density at radius 2 is 1.88 bits per heavy atom. The summed E-state index contributed by atoms with van der Waals surface area (Å²) in [7, 11) is 1.60. The van der Waals surface area contributed by atoms with Crippen molar-refractivity contribution in [3.8, 4) is 5.69 Å². The summed E-state index contributed by atoms with van der Waals surface area (Å²) < 4.78 is 6.84. The molecule has 2 rings (SSSR count). The lowest BCUT2D eigenvalue weighted by molar-refractivity contribution is 0.175. The van der Waals surface area contributed by atoms with Crippen molar-refractivity contribution in [1.82, 2.24) is 14.8 Å². The van der Waals surface area contributed by atoms with Gasteiger partial charge in [-0.3, -0.25) is 4.57 Å². The molecule has 0 radical (unpaired) electrons. The van der Waals surface area contributed by atoms with E-state index < -0.39 is 0 Å². The summed E-state index contributed by atoms with van der Waals surface area (Å²) in [6.07, 6.45) is 0. The van der Waals surface area contributed by atoms with E-state index in [1.807, 2.05) is 30.3 Å². The zero-order valence-corrected chi connectivity index (χ0v) is 9.00. The highest BCUT2D eigenvalue weighted by molar-refractivity contribution is 5.33. The minimum Gasteiger partial charge on any atom is -0.388 e. The SMILES string of the molecule is COCc1nnc(CO)n1-c1ccccc1. The van der Waals surface area contributed by atoms with Gasteiger partial charge in [0, 0.05) is 12.8 Å². The van der Waals surface area contributed by atoms with E-state index in [9.17, 15) is 5.11 Å². The van der Waals surface area contributed by atoms with Gasteiger partial charge in [0.15, 0.2) is 11.6 Å². The van der Waals surface area contributed by atoms with Crippen LogP contribution in [0.2, 0.25) is 0 Å². The van der Waals surface area contributed by atoms with E-state index in [-0.39, 0.29) is 6.61 Å². The highest BCUT2D eigenvalue weighted by atomic mass is 16.5. The molecule has 0 saturated heterocycles. The van der Waals surface area contributed by atoms with E-state index in [1.165, 1.54) is 0 Å². The Bertz CT molecular complexity index is 454. The van der Waals surface area contributed by atoms with Crippen LogP contribution in [0.3, 0.4) is 0 Å². The van der Waals surface area contributed by atoms with Gasteiger partial charge in [-0.05, 0) is 12.1 Å². The lowest BCUT2D eigenvalue weighted by Crippen LogP contribution is -2.06. The maximum absolute atomic E-state index is 9.20. The first-order chi connectivity index (χ1) is 7.86. The van der Waals surface area contributed by atoms with Crippen molar-refractivity contribution in [1.29, 1.82) is 0 Å². The maximum atomic E-state index is 9.20. The quantitative estimate of drug-likeness (QED) is 0.830. The lowest BCUT2D eigenvalue weighted by atomic mass is 10.3. The first-order valence-electron chi connectivity index (χ1n) is 4.95. The van der Waals surface area contributed by atoms with E-state index in [4.69, 9.17) is 4.74 Å². The molecule has 1 heterocycles. The minimum atomic E-state index is -0.147. The van der Waals surface area contributed by atoms with Gasteiger partial charge >= 0.3 is 0 Å². The van der Waals surface area contributed by atoms with E-state index in [0.29, 0.717) is 18.3 Å². The second-order valence-electron chi connectivity index (χ2n) is 3.29. The van der Waals surface area contributed by atoms with Crippen LogP contribution in [0.25, 0.3) is 5.69 Å². The Labute approximate surface area is 93.3 Å². The molecule has 0 amide bonds. The van der Waals surface area contributed by atoms with E-state index in [1.54, 1.807) is 11.7 Å². The van der Waals surface area contributed by atoms with Gasteiger partial charge in [0.25, 0.3) is 0 Å². The molecule has 1 N–H and O–H groups in total. The number of benzene rings is 1. The number of para-hydroxylation sites is 1. The Morgan fingerprint density at radius 1 is 1.19 bits per heavy atom. The van der Waals surface area contributed by atoms with Gasteiger partial charge in [-0.2, -0.15) is 0 Å². The smallest absolute Gasteiger partial charge is 0.163 e. The summed E-state index contributed by atoms with van der Waals surface area (Å²) in [6, 6.07) is 9.64. The Balaban J connectivity index is 2.48. The molecule has 5 heteroatoms. The van der Waals surface area contributed by atoms with Crippen molar-refractivity contribution in [2.75, 3.05) is 7.11 Å². The summed E-state index contributed by atoms with van der Waals surface area (Å²) in [6.45, 7) is 0.216. The number of hydrogen-bond donors (Lipinski definition) is 1. The van der Waals surface area contributed by atoms with Gasteiger partial charge in [-0.1, -0.05) is 18.2 Å². The first kappa shape index (κ1) is 10.8.